The van der Waals surface area contributed by atoms with Crippen LogP contribution in [-0.2, 0) is 9.59 Å². The monoisotopic (exact) mass is 296 g/mol. The fourth-order valence-electron chi connectivity index (χ4n) is 2.74. The lowest BCUT2D eigenvalue weighted by molar-refractivity contribution is -0.138. The number of nitrogens with zero attached hydrogens (tertiary/aromatic N) is 1. The maximum absolute atomic E-state index is 12.3. The molecule has 1 aliphatic rings. The van der Waals surface area contributed by atoms with Crippen molar-refractivity contribution in [1.82, 2.24) is 10.2 Å². The molecule has 1 atom stereocenters. The van der Waals surface area contributed by atoms with Gasteiger partial charge in [-0.3, -0.25) is 9.59 Å². The normalized spacial score (nSPS) is 18.6. The molecule has 122 valence electrons. The third kappa shape index (κ3) is 6.49. The smallest absolute Gasteiger partial charge is 0.242 e. The average Bonchev–Trinajstić information content (AvgIpc) is 2.86. The molecule has 1 fully saturated rings. The van der Waals surface area contributed by atoms with Crippen LogP contribution >= 0.6 is 0 Å². The average molecular weight is 296 g/mol. The molecule has 1 saturated heterocycles. The van der Waals surface area contributed by atoms with Crippen LogP contribution in [-0.4, -0.2) is 35.8 Å². The van der Waals surface area contributed by atoms with E-state index >= 15 is 0 Å². The van der Waals surface area contributed by atoms with Gasteiger partial charge < -0.3 is 10.2 Å². The zero-order valence-corrected chi connectivity index (χ0v) is 14.2. The van der Waals surface area contributed by atoms with Gasteiger partial charge in [0.25, 0.3) is 0 Å². The van der Waals surface area contributed by atoms with Crippen molar-refractivity contribution < 1.29 is 9.59 Å². The Morgan fingerprint density at radius 3 is 2.43 bits per heavy atom. The molecule has 0 aromatic carbocycles. The van der Waals surface area contributed by atoms with Gasteiger partial charge in [0.05, 0.1) is 0 Å². The van der Waals surface area contributed by atoms with Gasteiger partial charge >= 0.3 is 0 Å². The van der Waals surface area contributed by atoms with Crippen molar-refractivity contribution in [2.24, 2.45) is 11.8 Å². The molecule has 0 spiro atoms. The van der Waals surface area contributed by atoms with Crippen molar-refractivity contribution in [1.29, 1.82) is 0 Å². The maximum atomic E-state index is 12.3. The second-order valence-corrected chi connectivity index (χ2v) is 7.00. The van der Waals surface area contributed by atoms with E-state index in [9.17, 15) is 9.59 Å². The Bertz CT molecular complexity index is 308. The third-order valence-electron chi connectivity index (χ3n) is 4.07. The minimum Gasteiger partial charge on any atom is -0.354 e. The predicted octanol–water partition coefficient (Wildman–Crippen LogP) is 2.97. The molecular weight excluding hydrogens is 264 g/mol. The summed E-state index contributed by atoms with van der Waals surface area (Å²) in [5, 5.41) is 2.98. The van der Waals surface area contributed by atoms with Gasteiger partial charge in [-0.05, 0) is 37.5 Å². The topological polar surface area (TPSA) is 49.4 Å². The molecule has 21 heavy (non-hydrogen) atoms. The second-order valence-electron chi connectivity index (χ2n) is 7.00. The lowest BCUT2D eigenvalue weighted by Gasteiger charge is -2.24. The molecule has 1 heterocycles. The Morgan fingerprint density at radius 2 is 1.81 bits per heavy atom. The van der Waals surface area contributed by atoms with E-state index in [1.807, 2.05) is 0 Å². The lowest BCUT2D eigenvalue weighted by atomic mass is 10.1. The first-order valence-electron chi connectivity index (χ1n) is 8.49. The second kappa shape index (κ2) is 9.06. The van der Waals surface area contributed by atoms with Crippen molar-refractivity contribution in [2.75, 3.05) is 13.1 Å². The quantitative estimate of drug-likeness (QED) is 0.748. The van der Waals surface area contributed by atoms with Crippen molar-refractivity contribution in [3.8, 4) is 0 Å². The Kier molecular flexibility index (Phi) is 7.76. The first-order valence-corrected chi connectivity index (χ1v) is 8.49. The van der Waals surface area contributed by atoms with Crippen LogP contribution < -0.4 is 5.32 Å². The van der Waals surface area contributed by atoms with E-state index in [2.05, 4.69) is 33.0 Å². The zero-order valence-electron chi connectivity index (χ0n) is 14.2. The first-order chi connectivity index (χ1) is 9.91. The molecular formula is C17H32N2O2. The summed E-state index contributed by atoms with van der Waals surface area (Å²) in [6, 6.07) is -0.233. The largest absolute Gasteiger partial charge is 0.354 e. The van der Waals surface area contributed by atoms with Crippen molar-refractivity contribution in [3.05, 3.63) is 0 Å². The number of carbonyl (C=O) groups is 2. The highest BCUT2D eigenvalue weighted by Crippen LogP contribution is 2.20. The van der Waals surface area contributed by atoms with Crippen LogP contribution in [0.3, 0.4) is 0 Å². The highest BCUT2D eigenvalue weighted by molar-refractivity contribution is 5.88. The van der Waals surface area contributed by atoms with E-state index < -0.39 is 0 Å². The van der Waals surface area contributed by atoms with Crippen LogP contribution in [0.2, 0.25) is 0 Å². The molecule has 0 saturated carbocycles. The number of rotatable bonds is 8. The molecule has 0 aromatic rings. The zero-order chi connectivity index (χ0) is 15.8. The molecule has 0 bridgehead atoms. The van der Waals surface area contributed by atoms with E-state index in [1.54, 1.807) is 4.90 Å². The van der Waals surface area contributed by atoms with Crippen LogP contribution in [0.15, 0.2) is 0 Å². The van der Waals surface area contributed by atoms with Crippen LogP contribution in [0.5, 0.6) is 0 Å². The standard InChI is InChI=1S/C17H32N2O2/c1-13(2)7-5-9-16(20)19-12-6-8-15(19)17(21)18-11-10-14(3)4/h13-15H,5-12H2,1-4H3,(H,18,21). The van der Waals surface area contributed by atoms with E-state index in [0.29, 0.717) is 24.8 Å². The number of amides is 2. The lowest BCUT2D eigenvalue weighted by Crippen LogP contribution is -2.46. The molecule has 1 N–H and O–H groups in total. The maximum Gasteiger partial charge on any atom is 0.242 e. The van der Waals surface area contributed by atoms with Gasteiger partial charge in [0.15, 0.2) is 0 Å². The van der Waals surface area contributed by atoms with E-state index in [-0.39, 0.29) is 17.9 Å². The summed E-state index contributed by atoms with van der Waals surface area (Å²) in [4.78, 5) is 26.3. The number of hydrogen-bond donors (Lipinski definition) is 1. The van der Waals surface area contributed by atoms with Crippen LogP contribution in [0.4, 0.5) is 0 Å². The summed E-state index contributed by atoms with van der Waals surface area (Å²) in [6.45, 7) is 10.1. The molecule has 0 aromatic heterocycles. The summed E-state index contributed by atoms with van der Waals surface area (Å²) in [7, 11) is 0. The highest BCUT2D eigenvalue weighted by Gasteiger charge is 2.33. The van der Waals surface area contributed by atoms with Gasteiger partial charge in [0.2, 0.25) is 11.8 Å². The number of nitrogens with one attached hydrogen (secondary N) is 1. The van der Waals surface area contributed by atoms with E-state index in [0.717, 1.165) is 38.6 Å². The van der Waals surface area contributed by atoms with Crippen molar-refractivity contribution in [3.63, 3.8) is 0 Å². The molecule has 1 aliphatic heterocycles. The minimum absolute atomic E-state index is 0.0327. The minimum atomic E-state index is -0.233. The number of hydrogen-bond acceptors (Lipinski definition) is 2. The Balaban J connectivity index is 2.39. The van der Waals surface area contributed by atoms with Crippen LogP contribution in [0.25, 0.3) is 0 Å². The fourth-order valence-corrected chi connectivity index (χ4v) is 2.74. The summed E-state index contributed by atoms with van der Waals surface area (Å²) >= 11 is 0. The van der Waals surface area contributed by atoms with Crippen LogP contribution in [0.1, 0.15) is 66.2 Å². The summed E-state index contributed by atoms with van der Waals surface area (Å²) in [5.74, 6) is 1.40. The summed E-state index contributed by atoms with van der Waals surface area (Å²) in [5.41, 5.74) is 0. The van der Waals surface area contributed by atoms with Crippen LogP contribution in [0, 0.1) is 11.8 Å². The molecule has 1 unspecified atom stereocenters. The van der Waals surface area contributed by atoms with Gasteiger partial charge in [-0.2, -0.15) is 0 Å². The van der Waals surface area contributed by atoms with Gasteiger partial charge in [-0.15, -0.1) is 0 Å². The van der Waals surface area contributed by atoms with E-state index in [4.69, 9.17) is 0 Å². The number of carbonyl (C=O) groups excluding carboxylic acids is 2. The molecule has 2 amide bonds. The molecule has 0 aliphatic carbocycles. The predicted molar refractivity (Wildman–Crippen MR) is 85.9 cm³/mol. The first kappa shape index (κ1) is 18.0. The Morgan fingerprint density at radius 1 is 1.14 bits per heavy atom. The Labute approximate surface area is 129 Å². The summed E-state index contributed by atoms with van der Waals surface area (Å²) < 4.78 is 0. The molecule has 1 rings (SSSR count). The summed E-state index contributed by atoms with van der Waals surface area (Å²) in [6.07, 6.45) is 5.32. The van der Waals surface area contributed by atoms with Gasteiger partial charge in [0.1, 0.15) is 6.04 Å². The van der Waals surface area contributed by atoms with Crippen molar-refractivity contribution in [2.45, 2.75) is 72.3 Å². The molecule has 4 nitrogen and oxygen atoms in total. The SMILES string of the molecule is CC(C)CCCC(=O)N1CCCC1C(=O)NCCC(C)C. The van der Waals surface area contributed by atoms with Gasteiger partial charge in [-0.1, -0.05) is 34.1 Å². The third-order valence-corrected chi connectivity index (χ3v) is 4.07. The van der Waals surface area contributed by atoms with Crippen molar-refractivity contribution >= 4 is 11.8 Å². The molecule has 4 heteroatoms. The van der Waals surface area contributed by atoms with Gasteiger partial charge in [-0.25, -0.2) is 0 Å². The Hall–Kier alpha value is -1.06. The van der Waals surface area contributed by atoms with Gasteiger partial charge in [0, 0.05) is 19.5 Å². The van der Waals surface area contributed by atoms with E-state index in [1.165, 1.54) is 0 Å². The molecule has 0 radical (unpaired) electrons. The highest BCUT2D eigenvalue weighted by atomic mass is 16.2. The number of likely N-dealkylation sites (tertiary alicyclic amines) is 1. The fraction of sp³-hybridized carbons (Fsp3) is 0.882.